The average molecular weight is 267 g/mol. The lowest BCUT2D eigenvalue weighted by Crippen LogP contribution is -2.10. The second-order valence-corrected chi connectivity index (χ2v) is 5.29. The molecule has 2 nitrogen and oxygen atoms in total. The van der Waals surface area contributed by atoms with E-state index < -0.39 is 0 Å². The highest BCUT2D eigenvalue weighted by molar-refractivity contribution is 5.97. The van der Waals surface area contributed by atoms with Crippen molar-refractivity contribution in [1.82, 2.24) is 0 Å². The minimum atomic E-state index is 0.197. The average Bonchev–Trinajstić information content (AvgIpc) is 2.38. The molecule has 0 fully saturated rings. The van der Waals surface area contributed by atoms with Crippen LogP contribution in [0, 0.1) is 20.8 Å². The Labute approximate surface area is 120 Å². The van der Waals surface area contributed by atoms with Gasteiger partial charge in [-0.15, -0.1) is 0 Å². The Morgan fingerprint density at radius 1 is 1.00 bits per heavy atom. The van der Waals surface area contributed by atoms with E-state index in [9.17, 15) is 4.79 Å². The lowest BCUT2D eigenvalue weighted by molar-refractivity contribution is 0.0986. The Morgan fingerprint density at radius 2 is 1.75 bits per heavy atom. The standard InChI is InChI=1S/C18H21NO/c1-13-5-4-6-16(12-13)19-10-9-18(20)17-8-7-14(2)11-15(17)3/h4-8,11-12,19H,9-10H2,1-3H3. The first-order chi connectivity index (χ1) is 9.56. The molecule has 20 heavy (non-hydrogen) atoms. The normalized spacial score (nSPS) is 10.3. The minimum Gasteiger partial charge on any atom is -0.385 e. The molecule has 0 bridgehead atoms. The maximum atomic E-state index is 12.2. The van der Waals surface area contributed by atoms with E-state index in [1.54, 1.807) is 0 Å². The largest absolute Gasteiger partial charge is 0.385 e. The maximum Gasteiger partial charge on any atom is 0.164 e. The number of rotatable bonds is 5. The van der Waals surface area contributed by atoms with Crippen LogP contribution in [0.2, 0.25) is 0 Å². The Bertz CT molecular complexity index is 617. The van der Waals surface area contributed by atoms with Crippen molar-refractivity contribution in [2.75, 3.05) is 11.9 Å². The smallest absolute Gasteiger partial charge is 0.164 e. The Balaban J connectivity index is 1.92. The molecule has 0 saturated heterocycles. The summed E-state index contributed by atoms with van der Waals surface area (Å²) >= 11 is 0. The predicted octanol–water partition coefficient (Wildman–Crippen LogP) is 4.30. The quantitative estimate of drug-likeness (QED) is 0.818. The summed E-state index contributed by atoms with van der Waals surface area (Å²) in [5.74, 6) is 0.197. The number of hydrogen-bond donors (Lipinski definition) is 1. The summed E-state index contributed by atoms with van der Waals surface area (Å²) in [7, 11) is 0. The fourth-order valence-electron chi connectivity index (χ4n) is 2.34. The van der Waals surface area contributed by atoms with Crippen molar-refractivity contribution >= 4 is 11.5 Å². The lowest BCUT2D eigenvalue weighted by atomic mass is 10.0. The molecular formula is C18H21NO. The zero-order chi connectivity index (χ0) is 14.5. The molecule has 0 radical (unpaired) electrons. The topological polar surface area (TPSA) is 29.1 Å². The summed E-state index contributed by atoms with van der Waals surface area (Å²) in [6, 6.07) is 14.2. The molecule has 0 aliphatic carbocycles. The monoisotopic (exact) mass is 267 g/mol. The first-order valence-corrected chi connectivity index (χ1v) is 6.97. The van der Waals surface area contributed by atoms with Gasteiger partial charge in [0.25, 0.3) is 0 Å². The molecule has 2 heteroatoms. The van der Waals surface area contributed by atoms with Crippen molar-refractivity contribution < 1.29 is 4.79 Å². The molecule has 0 atom stereocenters. The second-order valence-electron chi connectivity index (χ2n) is 5.29. The molecule has 0 unspecified atom stereocenters. The first kappa shape index (κ1) is 14.3. The number of aryl methyl sites for hydroxylation is 3. The highest BCUT2D eigenvalue weighted by atomic mass is 16.1. The van der Waals surface area contributed by atoms with Gasteiger partial charge in [0.05, 0.1) is 0 Å². The Kier molecular flexibility index (Phi) is 4.57. The van der Waals surface area contributed by atoms with Gasteiger partial charge in [0.2, 0.25) is 0 Å². The summed E-state index contributed by atoms with van der Waals surface area (Å²) in [4.78, 5) is 12.2. The SMILES string of the molecule is Cc1cccc(NCCC(=O)c2ccc(C)cc2C)c1. The number of anilines is 1. The van der Waals surface area contributed by atoms with Gasteiger partial charge in [-0.25, -0.2) is 0 Å². The molecule has 0 heterocycles. The highest BCUT2D eigenvalue weighted by Gasteiger charge is 2.08. The van der Waals surface area contributed by atoms with E-state index in [1.807, 2.05) is 38.1 Å². The lowest BCUT2D eigenvalue weighted by Gasteiger charge is -2.08. The maximum absolute atomic E-state index is 12.2. The van der Waals surface area contributed by atoms with Crippen LogP contribution in [0.1, 0.15) is 33.5 Å². The van der Waals surface area contributed by atoms with Crippen LogP contribution in [-0.2, 0) is 0 Å². The molecule has 2 aromatic rings. The van der Waals surface area contributed by atoms with Crippen molar-refractivity contribution in [3.63, 3.8) is 0 Å². The van der Waals surface area contributed by atoms with Crippen LogP contribution in [0.15, 0.2) is 42.5 Å². The van der Waals surface area contributed by atoms with Crippen LogP contribution < -0.4 is 5.32 Å². The van der Waals surface area contributed by atoms with Crippen LogP contribution in [0.3, 0.4) is 0 Å². The Hall–Kier alpha value is -2.09. The molecule has 0 spiro atoms. The second kappa shape index (κ2) is 6.38. The van der Waals surface area contributed by atoms with Crippen molar-refractivity contribution in [3.05, 3.63) is 64.7 Å². The van der Waals surface area contributed by atoms with Gasteiger partial charge in [-0.3, -0.25) is 4.79 Å². The highest BCUT2D eigenvalue weighted by Crippen LogP contribution is 2.14. The van der Waals surface area contributed by atoms with Gasteiger partial charge in [-0.05, 0) is 44.0 Å². The molecule has 0 saturated carbocycles. The van der Waals surface area contributed by atoms with Gasteiger partial charge in [-0.1, -0.05) is 35.9 Å². The van der Waals surface area contributed by atoms with E-state index in [2.05, 4.69) is 30.4 Å². The van der Waals surface area contributed by atoms with Gasteiger partial charge in [-0.2, -0.15) is 0 Å². The molecule has 0 aromatic heterocycles. The van der Waals surface area contributed by atoms with E-state index in [0.29, 0.717) is 13.0 Å². The zero-order valence-corrected chi connectivity index (χ0v) is 12.4. The van der Waals surface area contributed by atoms with Gasteiger partial charge >= 0.3 is 0 Å². The molecule has 1 N–H and O–H groups in total. The summed E-state index contributed by atoms with van der Waals surface area (Å²) in [5.41, 5.74) is 5.37. The van der Waals surface area contributed by atoms with Crippen LogP contribution in [-0.4, -0.2) is 12.3 Å². The van der Waals surface area contributed by atoms with E-state index in [0.717, 1.165) is 16.8 Å². The Morgan fingerprint density at radius 3 is 2.45 bits per heavy atom. The van der Waals surface area contributed by atoms with Gasteiger partial charge < -0.3 is 5.32 Å². The minimum absolute atomic E-state index is 0.197. The summed E-state index contributed by atoms with van der Waals surface area (Å²) in [6.07, 6.45) is 0.512. The third-order valence-electron chi connectivity index (χ3n) is 3.38. The molecule has 2 rings (SSSR count). The third-order valence-corrected chi connectivity index (χ3v) is 3.38. The fraction of sp³-hybridized carbons (Fsp3) is 0.278. The number of Topliss-reactive ketones (excluding diaryl/α,β-unsaturated/α-hetero) is 1. The molecular weight excluding hydrogens is 246 g/mol. The fourth-order valence-corrected chi connectivity index (χ4v) is 2.34. The number of carbonyl (C=O) groups is 1. The number of ketones is 1. The van der Waals surface area contributed by atoms with Crippen LogP contribution in [0.25, 0.3) is 0 Å². The zero-order valence-electron chi connectivity index (χ0n) is 12.4. The van der Waals surface area contributed by atoms with Crippen molar-refractivity contribution in [3.8, 4) is 0 Å². The number of hydrogen-bond acceptors (Lipinski definition) is 2. The number of carbonyl (C=O) groups excluding carboxylic acids is 1. The van der Waals surface area contributed by atoms with Crippen molar-refractivity contribution in [2.24, 2.45) is 0 Å². The first-order valence-electron chi connectivity index (χ1n) is 6.97. The molecule has 2 aromatic carbocycles. The van der Waals surface area contributed by atoms with Crippen molar-refractivity contribution in [2.45, 2.75) is 27.2 Å². The van der Waals surface area contributed by atoms with E-state index in [1.165, 1.54) is 11.1 Å². The number of nitrogens with one attached hydrogen (secondary N) is 1. The van der Waals surface area contributed by atoms with E-state index in [4.69, 9.17) is 0 Å². The van der Waals surface area contributed by atoms with Crippen LogP contribution in [0.5, 0.6) is 0 Å². The van der Waals surface area contributed by atoms with Crippen LogP contribution >= 0.6 is 0 Å². The molecule has 104 valence electrons. The summed E-state index contributed by atoms with van der Waals surface area (Å²) in [6.45, 7) is 6.76. The van der Waals surface area contributed by atoms with Crippen molar-refractivity contribution in [1.29, 1.82) is 0 Å². The predicted molar refractivity (Wildman–Crippen MR) is 84.5 cm³/mol. The van der Waals surface area contributed by atoms with Crippen LogP contribution in [0.4, 0.5) is 5.69 Å². The molecule has 0 aliphatic heterocycles. The van der Waals surface area contributed by atoms with Gasteiger partial charge in [0, 0.05) is 24.2 Å². The van der Waals surface area contributed by atoms with E-state index >= 15 is 0 Å². The molecule has 0 aliphatic rings. The summed E-state index contributed by atoms with van der Waals surface area (Å²) in [5, 5.41) is 3.30. The summed E-state index contributed by atoms with van der Waals surface area (Å²) < 4.78 is 0. The van der Waals surface area contributed by atoms with Gasteiger partial charge in [0.15, 0.2) is 5.78 Å². The number of benzene rings is 2. The third kappa shape index (κ3) is 3.70. The molecule has 0 amide bonds. The van der Waals surface area contributed by atoms with E-state index in [-0.39, 0.29) is 5.78 Å². The van der Waals surface area contributed by atoms with Gasteiger partial charge in [0.1, 0.15) is 0 Å².